The number of para-hydroxylation sites is 2. The summed E-state index contributed by atoms with van der Waals surface area (Å²) in [5, 5.41) is 0. The van der Waals surface area contributed by atoms with Gasteiger partial charge in [0.25, 0.3) is 0 Å². The molecule has 0 fully saturated rings. The Morgan fingerprint density at radius 2 is 1.64 bits per heavy atom. The van der Waals surface area contributed by atoms with Gasteiger partial charge in [0.2, 0.25) is 0 Å². The first kappa shape index (κ1) is 18.3. The molecule has 3 heteroatoms. The van der Waals surface area contributed by atoms with Crippen LogP contribution < -0.4 is 4.74 Å². The van der Waals surface area contributed by atoms with Crippen molar-refractivity contribution in [2.75, 3.05) is 6.61 Å². The Balaban J connectivity index is 1.51. The molecule has 142 valence electrons. The lowest BCUT2D eigenvalue weighted by molar-refractivity contribution is 0.296. The molecule has 0 aliphatic carbocycles. The monoisotopic (exact) mass is 370 g/mol. The zero-order valence-electron chi connectivity index (χ0n) is 16.6. The fourth-order valence-corrected chi connectivity index (χ4v) is 3.67. The van der Waals surface area contributed by atoms with Gasteiger partial charge in [0.15, 0.2) is 0 Å². The summed E-state index contributed by atoms with van der Waals surface area (Å²) >= 11 is 0. The van der Waals surface area contributed by atoms with Crippen molar-refractivity contribution in [1.82, 2.24) is 9.55 Å². The average Bonchev–Trinajstić information content (AvgIpc) is 3.06. The lowest BCUT2D eigenvalue weighted by Crippen LogP contribution is -2.12. The molecule has 0 radical (unpaired) electrons. The fraction of sp³-hybridized carbons (Fsp3) is 0.240. The summed E-state index contributed by atoms with van der Waals surface area (Å²) < 4.78 is 8.39. The largest absolute Gasteiger partial charge is 0.491 e. The van der Waals surface area contributed by atoms with Crippen LogP contribution in [0.5, 0.6) is 5.75 Å². The summed E-state index contributed by atoms with van der Waals surface area (Å²) in [7, 11) is 0. The standard InChI is InChI=1S/C25H26N2O/c1-19-12-14-24(20(2)18-19)28-17-16-27-23-11-7-6-10-22(23)26-25(27)15-13-21-8-4-3-5-9-21/h3-12,14,18H,13,15-17H2,1-2H3. The Hall–Kier alpha value is -3.07. The zero-order chi connectivity index (χ0) is 19.3. The Morgan fingerprint density at radius 3 is 2.46 bits per heavy atom. The van der Waals surface area contributed by atoms with E-state index in [4.69, 9.17) is 9.72 Å². The van der Waals surface area contributed by atoms with E-state index in [0.29, 0.717) is 6.61 Å². The van der Waals surface area contributed by atoms with Gasteiger partial charge < -0.3 is 9.30 Å². The van der Waals surface area contributed by atoms with Crippen LogP contribution in [0.15, 0.2) is 72.8 Å². The van der Waals surface area contributed by atoms with Crippen molar-refractivity contribution in [2.45, 2.75) is 33.2 Å². The summed E-state index contributed by atoms with van der Waals surface area (Å²) in [6.45, 7) is 5.62. The van der Waals surface area contributed by atoms with Crippen molar-refractivity contribution >= 4 is 11.0 Å². The van der Waals surface area contributed by atoms with Gasteiger partial charge in [0, 0.05) is 6.42 Å². The first-order chi connectivity index (χ1) is 13.7. The van der Waals surface area contributed by atoms with Gasteiger partial charge in [0.1, 0.15) is 18.2 Å². The van der Waals surface area contributed by atoms with Gasteiger partial charge in [-0.15, -0.1) is 0 Å². The third-order valence-electron chi connectivity index (χ3n) is 5.12. The van der Waals surface area contributed by atoms with E-state index in [1.807, 2.05) is 6.07 Å². The number of imidazole rings is 1. The molecule has 3 aromatic carbocycles. The summed E-state index contributed by atoms with van der Waals surface area (Å²) in [5.41, 5.74) is 6.01. The highest BCUT2D eigenvalue weighted by Crippen LogP contribution is 2.20. The smallest absolute Gasteiger partial charge is 0.122 e. The van der Waals surface area contributed by atoms with Gasteiger partial charge in [-0.2, -0.15) is 0 Å². The van der Waals surface area contributed by atoms with Gasteiger partial charge in [0.05, 0.1) is 17.6 Å². The van der Waals surface area contributed by atoms with Crippen LogP contribution in [-0.4, -0.2) is 16.2 Å². The normalized spacial score (nSPS) is 11.1. The first-order valence-electron chi connectivity index (χ1n) is 9.89. The van der Waals surface area contributed by atoms with Crippen LogP contribution in [0.25, 0.3) is 11.0 Å². The lowest BCUT2D eigenvalue weighted by atomic mass is 10.1. The highest BCUT2D eigenvalue weighted by atomic mass is 16.5. The van der Waals surface area contributed by atoms with E-state index in [1.54, 1.807) is 0 Å². The van der Waals surface area contributed by atoms with Crippen LogP contribution >= 0.6 is 0 Å². The molecule has 0 atom stereocenters. The SMILES string of the molecule is Cc1ccc(OCCn2c(CCc3ccccc3)nc3ccccc32)c(C)c1. The maximum Gasteiger partial charge on any atom is 0.122 e. The van der Waals surface area contributed by atoms with Crippen LogP contribution in [0.3, 0.4) is 0 Å². The van der Waals surface area contributed by atoms with Crippen LogP contribution in [0.2, 0.25) is 0 Å². The van der Waals surface area contributed by atoms with E-state index in [0.717, 1.165) is 36.5 Å². The molecule has 0 saturated carbocycles. The van der Waals surface area contributed by atoms with Crippen molar-refractivity contribution in [2.24, 2.45) is 0 Å². The Bertz CT molecular complexity index is 1070. The molecule has 1 aromatic heterocycles. The quantitative estimate of drug-likeness (QED) is 0.428. The van der Waals surface area contributed by atoms with Crippen molar-refractivity contribution in [3.8, 4) is 5.75 Å². The predicted molar refractivity (Wildman–Crippen MR) is 115 cm³/mol. The highest BCUT2D eigenvalue weighted by molar-refractivity contribution is 5.75. The number of nitrogens with zero attached hydrogens (tertiary/aromatic N) is 2. The number of fused-ring (bicyclic) bond motifs is 1. The van der Waals surface area contributed by atoms with Gasteiger partial charge >= 0.3 is 0 Å². The molecule has 0 N–H and O–H groups in total. The zero-order valence-corrected chi connectivity index (χ0v) is 16.6. The molecule has 3 nitrogen and oxygen atoms in total. The second kappa shape index (κ2) is 8.30. The molecule has 1 heterocycles. The summed E-state index contributed by atoms with van der Waals surface area (Å²) in [5.74, 6) is 2.08. The molecule has 0 unspecified atom stereocenters. The van der Waals surface area contributed by atoms with Crippen LogP contribution in [0.4, 0.5) is 0 Å². The first-order valence-corrected chi connectivity index (χ1v) is 9.89. The number of benzene rings is 3. The third kappa shape index (κ3) is 4.09. The molecule has 0 amide bonds. The minimum Gasteiger partial charge on any atom is -0.491 e. The van der Waals surface area contributed by atoms with Crippen molar-refractivity contribution in [3.05, 3.63) is 95.3 Å². The maximum absolute atomic E-state index is 6.08. The maximum atomic E-state index is 6.08. The third-order valence-corrected chi connectivity index (χ3v) is 5.12. The summed E-state index contributed by atoms with van der Waals surface area (Å²) in [6, 6.07) is 25.3. The molecule has 0 spiro atoms. The number of rotatable bonds is 7. The summed E-state index contributed by atoms with van der Waals surface area (Å²) in [6.07, 6.45) is 1.91. The number of aryl methyl sites for hydroxylation is 4. The minimum atomic E-state index is 0.628. The van der Waals surface area contributed by atoms with E-state index in [2.05, 4.69) is 85.1 Å². The second-order valence-corrected chi connectivity index (χ2v) is 7.27. The molecule has 4 aromatic rings. The number of hydrogen-bond acceptors (Lipinski definition) is 2. The molecular formula is C25H26N2O. The number of ether oxygens (including phenoxy) is 1. The molecule has 0 saturated heterocycles. The minimum absolute atomic E-state index is 0.628. The van der Waals surface area contributed by atoms with E-state index < -0.39 is 0 Å². The average molecular weight is 370 g/mol. The summed E-state index contributed by atoms with van der Waals surface area (Å²) in [4.78, 5) is 4.89. The Kier molecular flexibility index (Phi) is 5.43. The Morgan fingerprint density at radius 1 is 0.857 bits per heavy atom. The van der Waals surface area contributed by atoms with Crippen LogP contribution in [0, 0.1) is 13.8 Å². The number of hydrogen-bond donors (Lipinski definition) is 0. The van der Waals surface area contributed by atoms with Gasteiger partial charge in [-0.1, -0.05) is 60.2 Å². The van der Waals surface area contributed by atoms with Crippen molar-refractivity contribution in [1.29, 1.82) is 0 Å². The van der Waals surface area contributed by atoms with Crippen molar-refractivity contribution in [3.63, 3.8) is 0 Å². The van der Waals surface area contributed by atoms with E-state index in [9.17, 15) is 0 Å². The van der Waals surface area contributed by atoms with Crippen LogP contribution in [-0.2, 0) is 19.4 Å². The van der Waals surface area contributed by atoms with Crippen molar-refractivity contribution < 1.29 is 4.74 Å². The van der Waals surface area contributed by atoms with E-state index in [1.165, 1.54) is 22.2 Å². The lowest BCUT2D eigenvalue weighted by Gasteiger charge is -2.13. The molecule has 0 aliphatic heterocycles. The molecule has 0 aliphatic rings. The Labute approximate surface area is 166 Å². The molecule has 0 bridgehead atoms. The van der Waals surface area contributed by atoms with E-state index >= 15 is 0 Å². The van der Waals surface area contributed by atoms with Gasteiger partial charge in [-0.3, -0.25) is 0 Å². The number of aromatic nitrogens is 2. The second-order valence-electron chi connectivity index (χ2n) is 7.27. The van der Waals surface area contributed by atoms with E-state index in [-0.39, 0.29) is 0 Å². The molecule has 28 heavy (non-hydrogen) atoms. The predicted octanol–water partition coefficient (Wildman–Crippen LogP) is 5.52. The molecule has 4 rings (SSSR count). The van der Waals surface area contributed by atoms with Crippen LogP contribution in [0.1, 0.15) is 22.5 Å². The molecular weight excluding hydrogens is 344 g/mol. The highest BCUT2D eigenvalue weighted by Gasteiger charge is 2.11. The topological polar surface area (TPSA) is 27.1 Å². The fourth-order valence-electron chi connectivity index (χ4n) is 3.67. The van der Waals surface area contributed by atoms with Gasteiger partial charge in [-0.25, -0.2) is 4.98 Å². The van der Waals surface area contributed by atoms with Gasteiger partial charge in [-0.05, 0) is 49.6 Å².